The summed E-state index contributed by atoms with van der Waals surface area (Å²) in [6.45, 7) is -0.348. The maximum absolute atomic E-state index is 14.0. The van der Waals surface area contributed by atoms with Crippen LogP contribution < -0.4 is 21.3 Å². The molecule has 3 heterocycles. The summed E-state index contributed by atoms with van der Waals surface area (Å²) in [4.78, 5) is 18.1. The van der Waals surface area contributed by atoms with Gasteiger partial charge in [-0.15, -0.1) is 0 Å². The summed E-state index contributed by atoms with van der Waals surface area (Å²) in [5, 5.41) is 11.9. The first-order valence-electron chi connectivity index (χ1n) is 9.60. The van der Waals surface area contributed by atoms with Gasteiger partial charge in [-0.2, -0.15) is 5.10 Å². The van der Waals surface area contributed by atoms with Crippen LogP contribution in [0.2, 0.25) is 0 Å². The van der Waals surface area contributed by atoms with E-state index in [-0.39, 0.29) is 45.7 Å². The smallest absolute Gasteiger partial charge is 0.277 e. The number of H-pyrrole nitrogens is 1. The predicted octanol–water partition coefficient (Wildman–Crippen LogP) is 2.62. The second-order valence-electron chi connectivity index (χ2n) is 7.24. The van der Waals surface area contributed by atoms with Crippen LogP contribution in [0.5, 0.6) is 0 Å². The van der Waals surface area contributed by atoms with Crippen LogP contribution in [0.4, 0.5) is 34.1 Å². The Hall–Kier alpha value is -3.19. The van der Waals surface area contributed by atoms with Crippen molar-refractivity contribution in [3.63, 3.8) is 0 Å². The number of carbonyl (C=O) groups excluding carboxylic acids is 1. The van der Waals surface area contributed by atoms with Crippen molar-refractivity contribution in [2.24, 2.45) is 0 Å². The Bertz CT molecular complexity index is 1110. The molecule has 0 radical (unpaired) electrons. The van der Waals surface area contributed by atoms with Gasteiger partial charge in [-0.3, -0.25) is 9.89 Å². The number of rotatable bonds is 5. The van der Waals surface area contributed by atoms with E-state index in [1.54, 1.807) is 0 Å². The lowest BCUT2D eigenvalue weighted by Gasteiger charge is -2.25. The minimum atomic E-state index is -2.95. The molecule has 32 heavy (non-hydrogen) atoms. The Labute approximate surface area is 183 Å². The second-order valence-corrected chi connectivity index (χ2v) is 8.27. The lowest BCUT2D eigenvalue weighted by atomic mass is 10.2. The van der Waals surface area contributed by atoms with Crippen molar-refractivity contribution < 1.29 is 22.4 Å². The molecule has 1 aliphatic rings. The van der Waals surface area contributed by atoms with Crippen molar-refractivity contribution in [2.75, 3.05) is 42.1 Å². The van der Waals surface area contributed by atoms with Crippen LogP contribution in [0, 0.1) is 11.6 Å². The summed E-state index contributed by atoms with van der Waals surface area (Å²) in [6.07, 6.45) is 1.04. The van der Waals surface area contributed by atoms with Crippen molar-refractivity contribution in [3.8, 4) is 10.6 Å². The topological polar surface area (TPSA) is 112 Å². The molecule has 1 amide bonds. The van der Waals surface area contributed by atoms with E-state index in [0.717, 1.165) is 23.5 Å². The van der Waals surface area contributed by atoms with E-state index >= 15 is 0 Å². The van der Waals surface area contributed by atoms with Crippen LogP contribution >= 0.6 is 11.3 Å². The quantitative estimate of drug-likeness (QED) is 0.428. The summed E-state index contributed by atoms with van der Waals surface area (Å²) >= 11 is 0.863. The molecular formula is C19H19F4N7OS. The van der Waals surface area contributed by atoms with Crippen molar-refractivity contribution in [3.05, 3.63) is 41.7 Å². The molecule has 0 spiro atoms. The Kier molecular flexibility index (Phi) is 6.02. The van der Waals surface area contributed by atoms with Gasteiger partial charge in [0.25, 0.3) is 5.92 Å². The SMILES string of the molecule is Nc1sc(-c2c(F)cccc2F)nc1CC(=O)Nc1cn[nH]c1N1CCNCC(F)(F)C1. The molecule has 8 nitrogen and oxygen atoms in total. The summed E-state index contributed by atoms with van der Waals surface area (Å²) < 4.78 is 55.9. The standard InChI is InChI=1S/C19H19F4N7OS/c20-10-2-1-3-11(21)15(10)18-28-12(16(24)32-18)6-14(31)27-13-7-26-29-17(13)30-5-4-25-8-19(22,23)9-30/h1-3,7,25H,4-6,8-9,24H2,(H,26,29)(H,27,31). The first-order valence-corrected chi connectivity index (χ1v) is 10.4. The number of nitrogens with one attached hydrogen (secondary N) is 3. The van der Waals surface area contributed by atoms with Crippen molar-refractivity contribution in [2.45, 2.75) is 12.3 Å². The molecule has 2 aromatic heterocycles. The number of nitrogens with zero attached hydrogens (tertiary/aromatic N) is 3. The number of nitrogens with two attached hydrogens (primary N) is 1. The Morgan fingerprint density at radius 2 is 2.06 bits per heavy atom. The van der Waals surface area contributed by atoms with E-state index in [4.69, 9.17) is 5.73 Å². The molecule has 0 unspecified atom stereocenters. The van der Waals surface area contributed by atoms with Gasteiger partial charge in [0, 0.05) is 13.1 Å². The van der Waals surface area contributed by atoms with Crippen LogP contribution in [0.25, 0.3) is 10.6 Å². The minimum absolute atomic E-state index is 0.0178. The number of aromatic nitrogens is 3. The van der Waals surface area contributed by atoms with Gasteiger partial charge in [-0.05, 0) is 12.1 Å². The molecule has 0 saturated carbocycles. The third-order valence-corrected chi connectivity index (χ3v) is 5.75. The van der Waals surface area contributed by atoms with Gasteiger partial charge >= 0.3 is 0 Å². The molecule has 1 saturated heterocycles. The van der Waals surface area contributed by atoms with Gasteiger partial charge in [0.1, 0.15) is 33.1 Å². The van der Waals surface area contributed by atoms with E-state index in [9.17, 15) is 22.4 Å². The van der Waals surface area contributed by atoms with Crippen LogP contribution in [0.15, 0.2) is 24.4 Å². The molecule has 1 fully saturated rings. The zero-order chi connectivity index (χ0) is 22.9. The average molecular weight is 469 g/mol. The number of alkyl halides is 2. The number of amides is 1. The number of anilines is 3. The number of hydrogen-bond acceptors (Lipinski definition) is 7. The Morgan fingerprint density at radius 1 is 1.31 bits per heavy atom. The highest BCUT2D eigenvalue weighted by molar-refractivity contribution is 7.18. The number of carbonyl (C=O) groups is 1. The maximum Gasteiger partial charge on any atom is 0.277 e. The summed E-state index contributed by atoms with van der Waals surface area (Å²) in [6, 6.07) is 3.44. The van der Waals surface area contributed by atoms with Crippen molar-refractivity contribution in [1.29, 1.82) is 0 Å². The molecule has 5 N–H and O–H groups in total. The number of halogens is 4. The first-order chi connectivity index (χ1) is 15.2. The molecule has 0 bridgehead atoms. The number of aromatic amines is 1. The fraction of sp³-hybridized carbons (Fsp3) is 0.316. The molecule has 1 aromatic carbocycles. The Morgan fingerprint density at radius 3 is 2.81 bits per heavy atom. The lowest BCUT2D eigenvalue weighted by molar-refractivity contribution is -0.115. The molecule has 0 aliphatic carbocycles. The van der Waals surface area contributed by atoms with Crippen molar-refractivity contribution in [1.82, 2.24) is 20.5 Å². The molecule has 13 heteroatoms. The lowest BCUT2D eigenvalue weighted by Crippen LogP contribution is -2.39. The number of thiazole rings is 1. The van der Waals surface area contributed by atoms with E-state index < -0.39 is 36.6 Å². The van der Waals surface area contributed by atoms with Gasteiger partial charge in [0.2, 0.25) is 5.91 Å². The number of nitrogen functional groups attached to an aromatic ring is 1. The van der Waals surface area contributed by atoms with Gasteiger partial charge in [0.05, 0.1) is 37.0 Å². The monoisotopic (exact) mass is 469 g/mol. The first kappa shape index (κ1) is 22.0. The molecule has 4 rings (SSSR count). The zero-order valence-electron chi connectivity index (χ0n) is 16.6. The normalized spacial score (nSPS) is 16.1. The van der Waals surface area contributed by atoms with E-state index in [1.165, 1.54) is 17.2 Å². The molecule has 1 aliphatic heterocycles. The van der Waals surface area contributed by atoms with Crippen LogP contribution in [0.3, 0.4) is 0 Å². The van der Waals surface area contributed by atoms with Crippen LogP contribution in [-0.2, 0) is 11.2 Å². The highest BCUT2D eigenvalue weighted by Crippen LogP contribution is 2.34. The summed E-state index contributed by atoms with van der Waals surface area (Å²) in [7, 11) is 0. The van der Waals surface area contributed by atoms with E-state index in [2.05, 4.69) is 25.8 Å². The average Bonchev–Trinajstić information content (AvgIpc) is 3.25. The number of benzene rings is 1. The molecule has 3 aromatic rings. The van der Waals surface area contributed by atoms with E-state index in [1.807, 2.05) is 0 Å². The van der Waals surface area contributed by atoms with Gasteiger partial charge in [-0.25, -0.2) is 22.5 Å². The fourth-order valence-electron chi connectivity index (χ4n) is 3.35. The van der Waals surface area contributed by atoms with Crippen LogP contribution in [-0.4, -0.2) is 53.2 Å². The molecule has 170 valence electrons. The second kappa shape index (κ2) is 8.74. The predicted molar refractivity (Wildman–Crippen MR) is 113 cm³/mol. The third kappa shape index (κ3) is 4.67. The highest BCUT2D eigenvalue weighted by Gasteiger charge is 2.35. The van der Waals surface area contributed by atoms with E-state index in [0.29, 0.717) is 6.54 Å². The van der Waals surface area contributed by atoms with Crippen LogP contribution in [0.1, 0.15) is 5.69 Å². The zero-order valence-corrected chi connectivity index (χ0v) is 17.4. The summed E-state index contributed by atoms with van der Waals surface area (Å²) in [5.74, 6) is -4.81. The Balaban J connectivity index is 1.49. The minimum Gasteiger partial charge on any atom is -0.389 e. The molecule has 0 atom stereocenters. The maximum atomic E-state index is 14.0. The summed E-state index contributed by atoms with van der Waals surface area (Å²) in [5.41, 5.74) is 5.97. The third-order valence-electron chi connectivity index (χ3n) is 4.81. The largest absolute Gasteiger partial charge is 0.389 e. The van der Waals surface area contributed by atoms with Gasteiger partial charge in [0.15, 0.2) is 0 Å². The highest BCUT2D eigenvalue weighted by atomic mass is 32.1. The van der Waals surface area contributed by atoms with Crippen molar-refractivity contribution >= 4 is 33.8 Å². The van der Waals surface area contributed by atoms with Gasteiger partial charge < -0.3 is 21.3 Å². The van der Waals surface area contributed by atoms with Gasteiger partial charge in [-0.1, -0.05) is 17.4 Å². The fourth-order valence-corrected chi connectivity index (χ4v) is 4.24. The number of hydrogen-bond donors (Lipinski definition) is 4. The molecular weight excluding hydrogens is 450 g/mol.